The van der Waals surface area contributed by atoms with E-state index < -0.39 is 0 Å². The molecule has 0 radical (unpaired) electrons. The molecular weight excluding hydrogens is 368 g/mol. The molecule has 26 heavy (non-hydrogen) atoms. The molecule has 1 N–H and O–H groups in total. The Morgan fingerprint density at radius 2 is 2.08 bits per heavy atom. The average Bonchev–Trinajstić information content (AvgIpc) is 3.32. The third kappa shape index (κ3) is 2.40. The zero-order chi connectivity index (χ0) is 17.7. The van der Waals surface area contributed by atoms with Gasteiger partial charge < -0.3 is 5.32 Å². The highest BCUT2D eigenvalue weighted by Crippen LogP contribution is 2.45. The summed E-state index contributed by atoms with van der Waals surface area (Å²) in [6, 6.07) is 11.4. The van der Waals surface area contributed by atoms with Crippen LogP contribution in [0.2, 0.25) is 5.02 Å². The van der Waals surface area contributed by atoms with Gasteiger partial charge in [-0.05, 0) is 23.9 Å². The molecule has 5 nitrogen and oxygen atoms in total. The van der Waals surface area contributed by atoms with E-state index >= 15 is 0 Å². The van der Waals surface area contributed by atoms with Gasteiger partial charge in [-0.1, -0.05) is 35.9 Å². The normalized spacial score (nSPS) is 22.0. The maximum atomic E-state index is 13.2. The smallest absolute Gasteiger partial charge is 0.226 e. The van der Waals surface area contributed by atoms with Gasteiger partial charge in [-0.2, -0.15) is 10.1 Å². The van der Waals surface area contributed by atoms with Crippen molar-refractivity contribution in [2.24, 2.45) is 0 Å². The number of nitrogens with zero attached hydrogens (tertiary/aromatic N) is 3. The fourth-order valence-corrected chi connectivity index (χ4v) is 4.93. The molecule has 2 aliphatic rings. The van der Waals surface area contributed by atoms with Gasteiger partial charge in [-0.25, -0.2) is 4.68 Å². The summed E-state index contributed by atoms with van der Waals surface area (Å²) in [7, 11) is 0. The summed E-state index contributed by atoms with van der Waals surface area (Å²) >= 11 is 8.17. The molecule has 7 heteroatoms. The number of nitrogens with one attached hydrogen (secondary N) is 1. The van der Waals surface area contributed by atoms with Gasteiger partial charge in [0.1, 0.15) is 12.4 Å². The lowest BCUT2D eigenvalue weighted by atomic mass is 9.80. The van der Waals surface area contributed by atoms with Crippen LogP contribution < -0.4 is 5.32 Å². The lowest BCUT2D eigenvalue weighted by Gasteiger charge is -2.35. The Bertz CT molecular complexity index is 1020. The van der Waals surface area contributed by atoms with E-state index in [1.165, 1.54) is 11.2 Å². The Morgan fingerprint density at radius 3 is 2.88 bits per heavy atom. The fourth-order valence-electron chi connectivity index (χ4n) is 3.86. The number of aromatic nitrogens is 3. The molecule has 0 amide bonds. The maximum Gasteiger partial charge on any atom is 0.226 e. The Hall–Kier alpha value is -2.44. The molecular formula is C19H15ClN4OS. The van der Waals surface area contributed by atoms with Crippen LogP contribution in [-0.2, 0) is 4.79 Å². The minimum Gasteiger partial charge on any atom is -0.328 e. The van der Waals surface area contributed by atoms with Crippen molar-refractivity contribution in [1.29, 1.82) is 0 Å². The van der Waals surface area contributed by atoms with Gasteiger partial charge >= 0.3 is 0 Å². The third-order valence-corrected chi connectivity index (χ3v) is 6.39. The standard InChI is InChI=1S/C19H15ClN4OS/c20-13-5-2-1-4-12(13)18-17-14(23-19-21-10-22-24(18)19)8-11(9-15(17)25)16-6-3-7-26-16/h1-7,10-11,18H,8-9H2,(H,21,22,23)/t11-,18+/m1/s1. The number of carbonyl (C=O) groups is 1. The molecule has 3 aromatic rings. The van der Waals surface area contributed by atoms with E-state index in [2.05, 4.69) is 26.8 Å². The van der Waals surface area contributed by atoms with Crippen LogP contribution >= 0.6 is 22.9 Å². The number of allylic oxidation sites excluding steroid dienone is 2. The molecule has 1 aliphatic heterocycles. The van der Waals surface area contributed by atoms with E-state index in [9.17, 15) is 4.79 Å². The number of thiophene rings is 1. The number of Topliss-reactive ketones (excluding diaryl/α,β-unsaturated/α-hetero) is 1. The molecule has 2 atom stereocenters. The molecule has 0 saturated carbocycles. The summed E-state index contributed by atoms with van der Waals surface area (Å²) in [5.41, 5.74) is 2.56. The van der Waals surface area contributed by atoms with Crippen LogP contribution in [0.5, 0.6) is 0 Å². The van der Waals surface area contributed by atoms with E-state index in [1.54, 1.807) is 16.0 Å². The number of hydrogen-bond acceptors (Lipinski definition) is 5. The average molecular weight is 383 g/mol. The first-order valence-electron chi connectivity index (χ1n) is 8.43. The first-order valence-corrected chi connectivity index (χ1v) is 9.68. The van der Waals surface area contributed by atoms with Crippen molar-refractivity contribution >= 4 is 34.7 Å². The van der Waals surface area contributed by atoms with Crippen molar-refractivity contribution in [3.8, 4) is 0 Å². The topological polar surface area (TPSA) is 59.8 Å². The Morgan fingerprint density at radius 1 is 1.19 bits per heavy atom. The van der Waals surface area contributed by atoms with Crippen LogP contribution in [0, 0.1) is 0 Å². The summed E-state index contributed by atoms with van der Waals surface area (Å²) in [6.45, 7) is 0. The number of halogens is 1. The van der Waals surface area contributed by atoms with Crippen molar-refractivity contribution in [2.75, 3.05) is 5.32 Å². The van der Waals surface area contributed by atoms with Crippen molar-refractivity contribution in [3.05, 3.63) is 74.8 Å². The molecule has 0 spiro atoms. The fraction of sp³-hybridized carbons (Fsp3) is 0.211. The molecule has 5 rings (SSSR count). The highest BCUT2D eigenvalue weighted by Gasteiger charge is 2.40. The van der Waals surface area contributed by atoms with Crippen LogP contribution in [0.4, 0.5) is 5.95 Å². The number of carbonyl (C=O) groups excluding carboxylic acids is 1. The number of rotatable bonds is 2. The van der Waals surface area contributed by atoms with Gasteiger partial charge in [-0.3, -0.25) is 4.79 Å². The van der Waals surface area contributed by atoms with Gasteiger partial charge in [0, 0.05) is 39.1 Å². The zero-order valence-electron chi connectivity index (χ0n) is 13.7. The molecule has 0 bridgehead atoms. The minimum atomic E-state index is -0.339. The van der Waals surface area contributed by atoms with Crippen molar-refractivity contribution in [2.45, 2.75) is 24.8 Å². The predicted molar refractivity (Wildman–Crippen MR) is 102 cm³/mol. The number of hydrogen-bond donors (Lipinski definition) is 1. The second-order valence-corrected chi connectivity index (χ2v) is 7.90. The molecule has 3 heterocycles. The molecule has 130 valence electrons. The Labute approximate surface area is 159 Å². The van der Waals surface area contributed by atoms with Crippen molar-refractivity contribution in [1.82, 2.24) is 14.8 Å². The molecule has 2 aromatic heterocycles. The van der Waals surface area contributed by atoms with E-state index in [0.29, 0.717) is 17.4 Å². The largest absolute Gasteiger partial charge is 0.328 e. The first-order chi connectivity index (χ1) is 12.7. The van der Waals surface area contributed by atoms with Crippen LogP contribution in [0.15, 0.2) is 59.4 Å². The monoisotopic (exact) mass is 382 g/mol. The quantitative estimate of drug-likeness (QED) is 0.713. The molecule has 0 fully saturated rings. The number of fused-ring (bicyclic) bond motifs is 1. The SMILES string of the molecule is O=C1C[C@H](c2cccs2)CC2=C1[C@H](c1ccccc1Cl)n1ncnc1N2. The molecule has 0 unspecified atom stereocenters. The molecule has 1 aromatic carbocycles. The number of benzene rings is 1. The summed E-state index contributed by atoms with van der Waals surface area (Å²) < 4.78 is 1.75. The van der Waals surface area contributed by atoms with E-state index in [0.717, 1.165) is 23.3 Å². The lowest BCUT2D eigenvalue weighted by Crippen LogP contribution is -2.33. The molecule has 0 saturated heterocycles. The van der Waals surface area contributed by atoms with Gasteiger partial charge in [0.25, 0.3) is 0 Å². The van der Waals surface area contributed by atoms with E-state index in [1.807, 2.05) is 30.3 Å². The highest BCUT2D eigenvalue weighted by atomic mass is 35.5. The van der Waals surface area contributed by atoms with Gasteiger partial charge in [0.2, 0.25) is 5.95 Å². The van der Waals surface area contributed by atoms with Gasteiger partial charge in [0.05, 0.1) is 0 Å². The predicted octanol–water partition coefficient (Wildman–Crippen LogP) is 4.41. The summed E-state index contributed by atoms with van der Waals surface area (Å²) in [4.78, 5) is 18.7. The number of anilines is 1. The van der Waals surface area contributed by atoms with Crippen LogP contribution in [0.25, 0.3) is 0 Å². The Kier molecular flexibility index (Phi) is 3.69. The first kappa shape index (κ1) is 15.8. The highest BCUT2D eigenvalue weighted by molar-refractivity contribution is 7.10. The second kappa shape index (κ2) is 6.07. The minimum absolute atomic E-state index is 0.142. The third-order valence-electron chi connectivity index (χ3n) is 5.01. The zero-order valence-corrected chi connectivity index (χ0v) is 15.3. The van der Waals surface area contributed by atoms with E-state index in [4.69, 9.17) is 11.6 Å². The summed E-state index contributed by atoms with van der Waals surface area (Å²) in [6.07, 6.45) is 2.80. The lowest BCUT2D eigenvalue weighted by molar-refractivity contribution is -0.116. The van der Waals surface area contributed by atoms with Gasteiger partial charge in [-0.15, -0.1) is 11.3 Å². The number of ketones is 1. The van der Waals surface area contributed by atoms with Crippen LogP contribution in [-0.4, -0.2) is 20.5 Å². The second-order valence-electron chi connectivity index (χ2n) is 6.51. The summed E-state index contributed by atoms with van der Waals surface area (Å²) in [5.74, 6) is 0.992. The van der Waals surface area contributed by atoms with E-state index in [-0.39, 0.29) is 17.7 Å². The van der Waals surface area contributed by atoms with Crippen molar-refractivity contribution < 1.29 is 4.79 Å². The maximum absolute atomic E-state index is 13.2. The summed E-state index contributed by atoms with van der Waals surface area (Å²) in [5, 5.41) is 10.4. The Balaban J connectivity index is 1.65. The van der Waals surface area contributed by atoms with Crippen LogP contribution in [0.3, 0.4) is 0 Å². The van der Waals surface area contributed by atoms with Gasteiger partial charge in [0.15, 0.2) is 5.78 Å². The van der Waals surface area contributed by atoms with Crippen molar-refractivity contribution in [3.63, 3.8) is 0 Å². The molecule has 1 aliphatic carbocycles. The van der Waals surface area contributed by atoms with Crippen LogP contribution in [0.1, 0.15) is 35.2 Å².